The Kier molecular flexibility index (Phi) is 3.54. The highest BCUT2D eigenvalue weighted by molar-refractivity contribution is 9.10. The van der Waals surface area contributed by atoms with Gasteiger partial charge in [-0.15, -0.1) is 0 Å². The molecule has 0 aliphatic heterocycles. The molecule has 15 heavy (non-hydrogen) atoms. The number of rotatable bonds is 2. The summed E-state index contributed by atoms with van der Waals surface area (Å²) in [7, 11) is 0. The van der Waals surface area contributed by atoms with Gasteiger partial charge >= 0.3 is 0 Å². The first-order valence-electron chi connectivity index (χ1n) is 4.82. The molecular weight excluding hydrogens is 258 g/mol. The lowest BCUT2D eigenvalue weighted by atomic mass is 9.88. The van der Waals surface area contributed by atoms with Crippen molar-refractivity contribution in [2.45, 2.75) is 33.7 Å². The first-order chi connectivity index (χ1) is 6.82. The van der Waals surface area contributed by atoms with Gasteiger partial charge in [-0.05, 0) is 28.3 Å². The molecule has 0 aromatic carbocycles. The average Bonchev–Trinajstić information content (AvgIpc) is 2.11. The zero-order valence-electron chi connectivity index (χ0n) is 9.39. The quantitative estimate of drug-likeness (QED) is 0.870. The van der Waals surface area contributed by atoms with Crippen molar-refractivity contribution in [3.63, 3.8) is 0 Å². The summed E-state index contributed by atoms with van der Waals surface area (Å²) >= 11 is 3.21. The third-order valence-corrected chi connectivity index (χ3v) is 3.18. The number of hydrogen-bond acceptors (Lipinski definition) is 3. The van der Waals surface area contributed by atoms with Gasteiger partial charge in [0.1, 0.15) is 10.3 Å². The highest BCUT2D eigenvalue weighted by atomic mass is 79.9. The van der Waals surface area contributed by atoms with Crippen LogP contribution in [0.2, 0.25) is 0 Å². The summed E-state index contributed by atoms with van der Waals surface area (Å²) in [4.78, 5) is 17.9. The third kappa shape index (κ3) is 3.06. The van der Waals surface area contributed by atoms with E-state index in [4.69, 9.17) is 0 Å². The molecule has 0 radical (unpaired) electrons. The largest absolute Gasteiger partial charge is 0.366 e. The lowest BCUT2D eigenvalue weighted by Crippen LogP contribution is -2.32. The van der Waals surface area contributed by atoms with Crippen molar-refractivity contribution in [3.05, 3.63) is 21.2 Å². The van der Waals surface area contributed by atoms with E-state index in [1.807, 2.05) is 0 Å². The number of aromatic nitrogens is 2. The summed E-state index contributed by atoms with van der Waals surface area (Å²) in [5.41, 5.74) is -0.0578. The van der Waals surface area contributed by atoms with Crippen LogP contribution in [0.4, 0.5) is 5.82 Å². The number of hydrogen-bond donors (Lipinski definition) is 2. The van der Waals surface area contributed by atoms with Gasteiger partial charge < -0.3 is 10.3 Å². The zero-order valence-corrected chi connectivity index (χ0v) is 11.0. The van der Waals surface area contributed by atoms with E-state index in [0.29, 0.717) is 10.3 Å². The molecule has 84 valence electrons. The van der Waals surface area contributed by atoms with E-state index in [2.05, 4.69) is 58.9 Å². The summed E-state index contributed by atoms with van der Waals surface area (Å²) in [6.07, 6.45) is 1.39. The normalized spacial score (nSPS) is 13.7. The Balaban J connectivity index is 2.91. The van der Waals surface area contributed by atoms with Crippen molar-refractivity contribution in [2.75, 3.05) is 5.32 Å². The van der Waals surface area contributed by atoms with Crippen LogP contribution in [0.25, 0.3) is 0 Å². The second kappa shape index (κ2) is 4.35. The molecule has 1 unspecified atom stereocenters. The van der Waals surface area contributed by atoms with Gasteiger partial charge in [-0.2, -0.15) is 0 Å². The van der Waals surface area contributed by atoms with Gasteiger partial charge in [-0.3, -0.25) is 4.79 Å². The van der Waals surface area contributed by atoms with Gasteiger partial charge in [0.05, 0.1) is 6.33 Å². The fourth-order valence-electron chi connectivity index (χ4n) is 0.905. The molecule has 0 aliphatic carbocycles. The molecule has 4 nitrogen and oxygen atoms in total. The molecule has 1 aromatic heterocycles. The van der Waals surface area contributed by atoms with Gasteiger partial charge in [-0.1, -0.05) is 20.8 Å². The highest BCUT2D eigenvalue weighted by Gasteiger charge is 2.21. The van der Waals surface area contributed by atoms with Gasteiger partial charge in [0, 0.05) is 6.04 Å². The van der Waals surface area contributed by atoms with E-state index < -0.39 is 0 Å². The zero-order chi connectivity index (χ0) is 11.6. The SMILES string of the molecule is CC(Nc1nc[nH]c(=O)c1Br)C(C)(C)C. The van der Waals surface area contributed by atoms with Crippen LogP contribution < -0.4 is 10.9 Å². The van der Waals surface area contributed by atoms with Crippen LogP contribution in [0.15, 0.2) is 15.6 Å². The van der Waals surface area contributed by atoms with Crippen molar-refractivity contribution in [1.82, 2.24) is 9.97 Å². The predicted molar refractivity (Wildman–Crippen MR) is 65.1 cm³/mol. The lowest BCUT2D eigenvalue weighted by molar-refractivity contribution is 0.358. The Labute approximate surface area is 97.6 Å². The molecule has 0 spiro atoms. The van der Waals surface area contributed by atoms with Gasteiger partial charge in [0.25, 0.3) is 5.56 Å². The van der Waals surface area contributed by atoms with Crippen LogP contribution in [0.5, 0.6) is 0 Å². The number of anilines is 1. The Hall–Kier alpha value is -0.840. The van der Waals surface area contributed by atoms with Crippen molar-refractivity contribution in [1.29, 1.82) is 0 Å². The average molecular weight is 274 g/mol. The summed E-state index contributed by atoms with van der Waals surface area (Å²) in [5.74, 6) is 0.584. The minimum absolute atomic E-state index is 0.115. The van der Waals surface area contributed by atoms with Crippen molar-refractivity contribution in [3.8, 4) is 0 Å². The Morgan fingerprint density at radius 2 is 2.13 bits per heavy atom. The summed E-state index contributed by atoms with van der Waals surface area (Å²) in [6.45, 7) is 8.46. The maximum absolute atomic E-state index is 11.3. The van der Waals surface area contributed by atoms with Crippen molar-refractivity contribution >= 4 is 21.7 Å². The van der Waals surface area contributed by atoms with Gasteiger partial charge in [0.2, 0.25) is 0 Å². The molecule has 0 aliphatic rings. The van der Waals surface area contributed by atoms with Gasteiger partial charge in [-0.25, -0.2) is 4.98 Å². The van der Waals surface area contributed by atoms with Crippen LogP contribution in [0, 0.1) is 5.41 Å². The second-order valence-corrected chi connectivity index (χ2v) is 5.42. The minimum Gasteiger partial charge on any atom is -0.366 e. The standard InChI is InChI=1S/C10H16BrN3O/c1-6(10(2,3)4)14-8-7(11)9(15)13-5-12-8/h5-6H,1-4H3,(H2,12,13,14,15). The molecule has 0 bridgehead atoms. The number of aromatic amines is 1. The van der Waals surface area contributed by atoms with E-state index in [1.165, 1.54) is 6.33 Å². The summed E-state index contributed by atoms with van der Waals surface area (Å²) < 4.78 is 0.445. The van der Waals surface area contributed by atoms with E-state index in [9.17, 15) is 4.79 Å². The van der Waals surface area contributed by atoms with Crippen LogP contribution >= 0.6 is 15.9 Å². The molecule has 1 heterocycles. The maximum atomic E-state index is 11.3. The predicted octanol–water partition coefficient (Wildman–Crippen LogP) is 2.38. The number of nitrogens with zero attached hydrogens (tertiary/aromatic N) is 1. The maximum Gasteiger partial charge on any atom is 0.267 e. The van der Waals surface area contributed by atoms with Crippen LogP contribution in [0.1, 0.15) is 27.7 Å². The molecular formula is C10H16BrN3O. The molecule has 5 heteroatoms. The highest BCUT2D eigenvalue weighted by Crippen LogP contribution is 2.23. The fraction of sp³-hybridized carbons (Fsp3) is 0.600. The van der Waals surface area contributed by atoms with Crippen molar-refractivity contribution in [2.24, 2.45) is 5.41 Å². The molecule has 0 amide bonds. The number of H-pyrrole nitrogens is 1. The topological polar surface area (TPSA) is 57.8 Å². The van der Waals surface area contributed by atoms with E-state index in [-0.39, 0.29) is 17.0 Å². The third-order valence-electron chi connectivity index (χ3n) is 2.45. The smallest absolute Gasteiger partial charge is 0.267 e. The Bertz CT molecular complexity index is 394. The Morgan fingerprint density at radius 3 is 2.67 bits per heavy atom. The monoisotopic (exact) mass is 273 g/mol. The minimum atomic E-state index is -0.173. The number of nitrogens with one attached hydrogen (secondary N) is 2. The van der Waals surface area contributed by atoms with E-state index in [0.717, 1.165) is 0 Å². The first-order valence-corrected chi connectivity index (χ1v) is 5.61. The molecule has 2 N–H and O–H groups in total. The van der Waals surface area contributed by atoms with Crippen LogP contribution in [0.3, 0.4) is 0 Å². The van der Waals surface area contributed by atoms with Crippen LogP contribution in [-0.4, -0.2) is 16.0 Å². The van der Waals surface area contributed by atoms with Gasteiger partial charge in [0.15, 0.2) is 0 Å². The van der Waals surface area contributed by atoms with E-state index >= 15 is 0 Å². The Morgan fingerprint density at radius 1 is 1.53 bits per heavy atom. The van der Waals surface area contributed by atoms with Crippen molar-refractivity contribution < 1.29 is 0 Å². The second-order valence-electron chi connectivity index (χ2n) is 4.63. The number of halogens is 1. The van der Waals surface area contributed by atoms with E-state index in [1.54, 1.807) is 0 Å². The molecule has 1 aromatic rings. The molecule has 1 atom stereocenters. The first kappa shape index (κ1) is 12.2. The summed E-state index contributed by atoms with van der Waals surface area (Å²) in [5, 5.41) is 3.21. The molecule has 0 fully saturated rings. The fourth-order valence-corrected chi connectivity index (χ4v) is 1.24. The lowest BCUT2D eigenvalue weighted by Gasteiger charge is -2.28. The van der Waals surface area contributed by atoms with Crippen LogP contribution in [-0.2, 0) is 0 Å². The molecule has 0 saturated heterocycles. The molecule has 0 saturated carbocycles. The summed E-state index contributed by atoms with van der Waals surface area (Å²) in [6, 6.07) is 0.225. The molecule has 1 rings (SSSR count).